The molecule has 1 saturated carbocycles. The zero-order valence-electron chi connectivity index (χ0n) is 12.6. The third kappa shape index (κ3) is 2.37. The Balaban J connectivity index is 1.67. The van der Waals surface area contributed by atoms with E-state index in [1.165, 1.54) is 49.8 Å². The van der Waals surface area contributed by atoms with Gasteiger partial charge in [-0.15, -0.1) is 0 Å². The van der Waals surface area contributed by atoms with Gasteiger partial charge in [-0.2, -0.15) is 4.98 Å². The number of hydrogen-bond donors (Lipinski definition) is 1. The number of nitrogen functional groups attached to an aromatic ring is 1. The first kappa shape index (κ1) is 13.3. The Morgan fingerprint density at radius 3 is 2.71 bits per heavy atom. The van der Waals surface area contributed by atoms with Crippen molar-refractivity contribution in [1.29, 1.82) is 0 Å². The molecule has 1 saturated heterocycles. The molecule has 1 spiro atoms. The molecule has 21 heavy (non-hydrogen) atoms. The van der Waals surface area contributed by atoms with Crippen molar-refractivity contribution in [3.8, 4) is 0 Å². The van der Waals surface area contributed by atoms with E-state index >= 15 is 0 Å². The second-order valence-corrected chi connectivity index (χ2v) is 6.70. The molecule has 2 heterocycles. The fourth-order valence-electron chi connectivity index (χ4n) is 4.20. The molecular formula is C16H24N4O. The van der Waals surface area contributed by atoms with Crippen LogP contribution in [-0.4, -0.2) is 35.3 Å². The van der Waals surface area contributed by atoms with Crippen LogP contribution < -0.4 is 10.6 Å². The van der Waals surface area contributed by atoms with Crippen LogP contribution in [0.3, 0.4) is 0 Å². The Bertz CT molecular complexity index is 539. The summed E-state index contributed by atoms with van der Waals surface area (Å²) in [5, 5.41) is 0. The van der Waals surface area contributed by atoms with Gasteiger partial charge in [-0.05, 0) is 38.5 Å². The van der Waals surface area contributed by atoms with Crippen molar-refractivity contribution in [3.63, 3.8) is 0 Å². The first-order valence-corrected chi connectivity index (χ1v) is 8.30. The molecule has 2 aliphatic carbocycles. The van der Waals surface area contributed by atoms with Crippen LogP contribution in [0.4, 0.5) is 11.8 Å². The summed E-state index contributed by atoms with van der Waals surface area (Å²) in [7, 11) is 0. The predicted molar refractivity (Wildman–Crippen MR) is 82.5 cm³/mol. The van der Waals surface area contributed by atoms with Crippen molar-refractivity contribution >= 4 is 11.8 Å². The summed E-state index contributed by atoms with van der Waals surface area (Å²) in [4.78, 5) is 11.5. The lowest BCUT2D eigenvalue weighted by atomic mass is 9.94. The molecule has 1 aromatic heterocycles. The van der Waals surface area contributed by atoms with Gasteiger partial charge in [0.15, 0.2) is 0 Å². The van der Waals surface area contributed by atoms with Crippen LogP contribution in [0.15, 0.2) is 0 Å². The molecule has 1 aliphatic heterocycles. The van der Waals surface area contributed by atoms with E-state index in [9.17, 15) is 0 Å². The fraction of sp³-hybridized carbons (Fsp3) is 0.750. The molecule has 0 radical (unpaired) electrons. The molecule has 0 atom stereocenters. The van der Waals surface area contributed by atoms with E-state index in [0.29, 0.717) is 5.95 Å². The van der Waals surface area contributed by atoms with Crippen molar-refractivity contribution in [2.75, 3.05) is 30.3 Å². The van der Waals surface area contributed by atoms with Gasteiger partial charge in [0, 0.05) is 18.7 Å². The number of nitrogens with two attached hydrogens (primary N) is 1. The first-order valence-electron chi connectivity index (χ1n) is 8.30. The molecule has 0 bridgehead atoms. The van der Waals surface area contributed by atoms with Crippen molar-refractivity contribution < 1.29 is 4.74 Å². The lowest BCUT2D eigenvalue weighted by molar-refractivity contribution is -0.0503. The first-order chi connectivity index (χ1) is 10.3. The highest BCUT2D eigenvalue weighted by atomic mass is 16.5. The van der Waals surface area contributed by atoms with Gasteiger partial charge < -0.3 is 15.4 Å². The molecule has 114 valence electrons. The Hall–Kier alpha value is -1.36. The smallest absolute Gasteiger partial charge is 0.222 e. The van der Waals surface area contributed by atoms with Crippen molar-refractivity contribution in [2.45, 2.75) is 57.0 Å². The van der Waals surface area contributed by atoms with Crippen LogP contribution in [0.25, 0.3) is 0 Å². The summed E-state index contributed by atoms with van der Waals surface area (Å²) in [6.07, 6.45) is 9.55. The van der Waals surface area contributed by atoms with Crippen LogP contribution in [0.2, 0.25) is 0 Å². The highest BCUT2D eigenvalue weighted by Gasteiger charge is 2.40. The zero-order chi connectivity index (χ0) is 14.3. The molecule has 2 N–H and O–H groups in total. The minimum absolute atomic E-state index is 0.0690. The topological polar surface area (TPSA) is 64.3 Å². The van der Waals surface area contributed by atoms with Crippen molar-refractivity contribution in [1.82, 2.24) is 9.97 Å². The second-order valence-electron chi connectivity index (χ2n) is 6.70. The Morgan fingerprint density at radius 1 is 1.05 bits per heavy atom. The number of hydrogen-bond acceptors (Lipinski definition) is 5. The van der Waals surface area contributed by atoms with Crippen molar-refractivity contribution in [3.05, 3.63) is 11.3 Å². The summed E-state index contributed by atoms with van der Waals surface area (Å²) in [6.45, 7) is 2.69. The quantitative estimate of drug-likeness (QED) is 0.857. The zero-order valence-corrected chi connectivity index (χ0v) is 12.6. The molecule has 5 heteroatoms. The van der Waals surface area contributed by atoms with E-state index in [2.05, 4.69) is 14.9 Å². The molecule has 1 aromatic rings. The Kier molecular flexibility index (Phi) is 3.25. The maximum Gasteiger partial charge on any atom is 0.222 e. The number of nitrogens with zero attached hydrogens (tertiary/aromatic N) is 3. The van der Waals surface area contributed by atoms with Crippen LogP contribution in [0.1, 0.15) is 49.8 Å². The minimum atomic E-state index is 0.0690. The summed E-state index contributed by atoms with van der Waals surface area (Å²) in [5.74, 6) is 1.52. The van der Waals surface area contributed by atoms with Crippen LogP contribution in [-0.2, 0) is 17.6 Å². The number of aryl methyl sites for hydroxylation is 1. The number of morpholine rings is 1. The number of anilines is 2. The molecule has 2 fully saturated rings. The molecule has 5 nitrogen and oxygen atoms in total. The summed E-state index contributed by atoms with van der Waals surface area (Å²) < 4.78 is 6.14. The number of rotatable bonds is 1. The van der Waals surface area contributed by atoms with Crippen LogP contribution >= 0.6 is 0 Å². The average Bonchev–Trinajstić information content (AvgIpc) is 2.94. The average molecular weight is 288 g/mol. The van der Waals surface area contributed by atoms with Gasteiger partial charge in [-0.3, -0.25) is 0 Å². The van der Waals surface area contributed by atoms with Crippen LogP contribution in [0, 0.1) is 0 Å². The standard InChI is InChI=1S/C16H24N4O/c17-15-18-13-6-2-1-5-12(13)14(19-15)20-9-10-21-16(11-20)7-3-4-8-16/h1-11H2,(H2,17,18,19). The normalized spacial score (nSPS) is 24.3. The number of fused-ring (bicyclic) bond motifs is 1. The van der Waals surface area contributed by atoms with Gasteiger partial charge in [0.1, 0.15) is 5.82 Å². The minimum Gasteiger partial charge on any atom is -0.371 e. The fourth-order valence-corrected chi connectivity index (χ4v) is 4.20. The predicted octanol–water partition coefficient (Wildman–Crippen LogP) is 2.09. The van der Waals surface area contributed by atoms with Crippen molar-refractivity contribution in [2.24, 2.45) is 0 Å². The molecule has 0 unspecified atom stereocenters. The molecule has 4 rings (SSSR count). The van der Waals surface area contributed by atoms with E-state index in [1.807, 2.05) is 0 Å². The molecule has 0 amide bonds. The molecular weight excluding hydrogens is 264 g/mol. The van der Waals surface area contributed by atoms with E-state index in [0.717, 1.165) is 38.4 Å². The maximum atomic E-state index is 6.14. The summed E-state index contributed by atoms with van der Waals surface area (Å²) in [5.41, 5.74) is 8.54. The highest BCUT2D eigenvalue weighted by Crippen LogP contribution is 2.38. The van der Waals surface area contributed by atoms with Gasteiger partial charge >= 0.3 is 0 Å². The van der Waals surface area contributed by atoms with E-state index < -0.39 is 0 Å². The van der Waals surface area contributed by atoms with Gasteiger partial charge in [-0.1, -0.05) is 12.8 Å². The lowest BCUT2D eigenvalue weighted by Crippen LogP contribution is -2.51. The number of ether oxygens (including phenoxy) is 1. The monoisotopic (exact) mass is 288 g/mol. The Labute approximate surface area is 125 Å². The molecule has 0 aromatic carbocycles. The summed E-state index contributed by atoms with van der Waals surface area (Å²) >= 11 is 0. The van der Waals surface area contributed by atoms with E-state index in [-0.39, 0.29) is 5.60 Å². The largest absolute Gasteiger partial charge is 0.371 e. The SMILES string of the molecule is Nc1nc2c(c(N3CCOC4(CCCC4)C3)n1)CCCC2. The lowest BCUT2D eigenvalue weighted by Gasteiger charge is -2.42. The third-order valence-corrected chi connectivity index (χ3v) is 5.24. The maximum absolute atomic E-state index is 6.14. The van der Waals surface area contributed by atoms with Gasteiger partial charge in [0.05, 0.1) is 17.9 Å². The van der Waals surface area contributed by atoms with E-state index in [1.54, 1.807) is 0 Å². The second kappa shape index (κ2) is 5.13. The van der Waals surface area contributed by atoms with Gasteiger partial charge in [0.2, 0.25) is 5.95 Å². The van der Waals surface area contributed by atoms with Gasteiger partial charge in [0.25, 0.3) is 0 Å². The highest BCUT2D eigenvalue weighted by molar-refractivity contribution is 5.53. The van der Waals surface area contributed by atoms with Gasteiger partial charge in [-0.25, -0.2) is 4.98 Å². The molecule has 3 aliphatic rings. The summed E-state index contributed by atoms with van der Waals surface area (Å²) in [6, 6.07) is 0. The third-order valence-electron chi connectivity index (χ3n) is 5.24. The van der Waals surface area contributed by atoms with E-state index in [4.69, 9.17) is 10.5 Å². The Morgan fingerprint density at radius 2 is 1.86 bits per heavy atom. The number of aromatic nitrogens is 2. The van der Waals surface area contributed by atoms with Crippen LogP contribution in [0.5, 0.6) is 0 Å².